The monoisotopic (exact) mass is 435 g/mol. The molecule has 1 aliphatic heterocycles. The van der Waals surface area contributed by atoms with E-state index in [2.05, 4.69) is 33.8 Å². The third-order valence-electron chi connectivity index (χ3n) is 8.45. The number of nitrogens with zero attached hydrogens (tertiary/aromatic N) is 3. The van der Waals surface area contributed by atoms with E-state index in [1.54, 1.807) is 24.3 Å². The molecule has 1 aromatic rings. The number of hydrogen-bond donors (Lipinski definition) is 0. The van der Waals surface area contributed by atoms with Gasteiger partial charge in [0.25, 0.3) is 5.91 Å². The molecule has 1 heterocycles. The van der Waals surface area contributed by atoms with Crippen molar-refractivity contribution in [2.24, 2.45) is 16.7 Å². The molecule has 1 atom stereocenters. The van der Waals surface area contributed by atoms with Crippen LogP contribution in [0.5, 0.6) is 0 Å². The van der Waals surface area contributed by atoms with Crippen LogP contribution in [0.25, 0.3) is 0 Å². The van der Waals surface area contributed by atoms with Crippen molar-refractivity contribution in [2.45, 2.75) is 84.7 Å². The van der Waals surface area contributed by atoms with Gasteiger partial charge in [0, 0.05) is 12.0 Å². The standard InChI is InChI=1S/C26H33N3O3/c1-25(2)22(26(25,3)4)24(32)28(18-9-7-5-6-8-10-18)20-15-21(30)29(23(20)31)19-13-11-17(16-27)12-14-19/h11-14,18,20,22H,5-10,15H2,1-4H3. The van der Waals surface area contributed by atoms with Crippen molar-refractivity contribution < 1.29 is 14.4 Å². The first-order valence-corrected chi connectivity index (χ1v) is 11.8. The van der Waals surface area contributed by atoms with Crippen LogP contribution in [-0.2, 0) is 14.4 Å². The van der Waals surface area contributed by atoms with E-state index >= 15 is 0 Å². The molecule has 0 spiro atoms. The first-order chi connectivity index (χ1) is 15.1. The van der Waals surface area contributed by atoms with Crippen LogP contribution >= 0.6 is 0 Å². The summed E-state index contributed by atoms with van der Waals surface area (Å²) in [6.45, 7) is 8.47. The van der Waals surface area contributed by atoms with Crippen molar-refractivity contribution in [2.75, 3.05) is 4.90 Å². The van der Waals surface area contributed by atoms with Crippen molar-refractivity contribution in [1.29, 1.82) is 5.26 Å². The third kappa shape index (κ3) is 3.52. The molecule has 6 nitrogen and oxygen atoms in total. The Balaban J connectivity index is 1.66. The summed E-state index contributed by atoms with van der Waals surface area (Å²) in [7, 11) is 0. The zero-order valence-electron chi connectivity index (χ0n) is 19.6. The molecule has 0 radical (unpaired) electrons. The van der Waals surface area contributed by atoms with Crippen molar-refractivity contribution in [3.05, 3.63) is 29.8 Å². The number of carbonyl (C=O) groups is 3. The second-order valence-electron chi connectivity index (χ2n) is 10.7. The van der Waals surface area contributed by atoms with Crippen LogP contribution in [0, 0.1) is 28.1 Å². The average Bonchev–Trinajstić information content (AvgIpc) is 3.17. The van der Waals surface area contributed by atoms with E-state index in [0.29, 0.717) is 11.3 Å². The Morgan fingerprint density at radius 1 is 1.00 bits per heavy atom. The summed E-state index contributed by atoms with van der Waals surface area (Å²) in [6, 6.07) is 7.76. The van der Waals surface area contributed by atoms with Crippen LogP contribution in [0.15, 0.2) is 24.3 Å². The van der Waals surface area contributed by atoms with Crippen LogP contribution in [-0.4, -0.2) is 34.7 Å². The Kier molecular flexibility index (Phi) is 5.65. The quantitative estimate of drug-likeness (QED) is 0.518. The number of benzene rings is 1. The number of hydrogen-bond acceptors (Lipinski definition) is 4. The molecule has 3 amide bonds. The van der Waals surface area contributed by atoms with E-state index in [1.165, 1.54) is 4.90 Å². The molecular formula is C26H33N3O3. The molecule has 170 valence electrons. The van der Waals surface area contributed by atoms with Gasteiger partial charge >= 0.3 is 0 Å². The highest BCUT2D eigenvalue weighted by Gasteiger charge is 2.69. The number of amides is 3. The molecule has 3 aliphatic rings. The van der Waals surface area contributed by atoms with Gasteiger partial charge in [-0.05, 0) is 47.9 Å². The Labute approximate surface area is 190 Å². The first kappa shape index (κ1) is 22.5. The first-order valence-electron chi connectivity index (χ1n) is 11.8. The molecule has 3 fully saturated rings. The lowest BCUT2D eigenvalue weighted by Crippen LogP contribution is -2.52. The lowest BCUT2D eigenvalue weighted by Gasteiger charge is -2.36. The summed E-state index contributed by atoms with van der Waals surface area (Å²) in [5.74, 6) is -0.733. The van der Waals surface area contributed by atoms with Crippen molar-refractivity contribution in [3.63, 3.8) is 0 Å². The summed E-state index contributed by atoms with van der Waals surface area (Å²) in [6.07, 6.45) is 6.17. The minimum atomic E-state index is -0.749. The summed E-state index contributed by atoms with van der Waals surface area (Å²) in [5, 5.41) is 9.04. The van der Waals surface area contributed by atoms with Gasteiger partial charge in [-0.1, -0.05) is 53.4 Å². The van der Waals surface area contributed by atoms with E-state index in [4.69, 9.17) is 5.26 Å². The predicted molar refractivity (Wildman–Crippen MR) is 121 cm³/mol. The van der Waals surface area contributed by atoms with Crippen molar-refractivity contribution in [1.82, 2.24) is 4.90 Å². The lowest BCUT2D eigenvalue weighted by atomic mass is 10.0. The molecule has 1 saturated heterocycles. The van der Waals surface area contributed by atoms with E-state index in [9.17, 15) is 14.4 Å². The normalized spacial score (nSPS) is 25.3. The predicted octanol–water partition coefficient (Wildman–Crippen LogP) is 4.42. The third-order valence-corrected chi connectivity index (χ3v) is 8.45. The molecule has 32 heavy (non-hydrogen) atoms. The number of imide groups is 1. The average molecular weight is 436 g/mol. The molecule has 1 unspecified atom stereocenters. The fourth-order valence-electron chi connectivity index (χ4n) is 5.88. The van der Waals surface area contributed by atoms with Crippen LogP contribution in [0.2, 0.25) is 0 Å². The maximum Gasteiger partial charge on any atom is 0.257 e. The Morgan fingerprint density at radius 3 is 2.06 bits per heavy atom. The van der Waals surface area contributed by atoms with Crippen LogP contribution in [0.1, 0.15) is 78.2 Å². The molecule has 2 saturated carbocycles. The van der Waals surface area contributed by atoms with Gasteiger partial charge in [-0.25, -0.2) is 4.90 Å². The number of nitriles is 1. The molecule has 0 N–H and O–H groups in total. The fourth-order valence-corrected chi connectivity index (χ4v) is 5.88. The highest BCUT2D eigenvalue weighted by atomic mass is 16.2. The van der Waals surface area contributed by atoms with E-state index in [1.807, 2.05) is 4.90 Å². The highest BCUT2D eigenvalue weighted by Crippen LogP contribution is 2.69. The van der Waals surface area contributed by atoms with E-state index in [0.717, 1.165) is 38.5 Å². The zero-order chi connectivity index (χ0) is 23.3. The Bertz CT molecular complexity index is 951. The topological polar surface area (TPSA) is 81.5 Å². The lowest BCUT2D eigenvalue weighted by molar-refractivity contribution is -0.143. The minimum Gasteiger partial charge on any atom is -0.327 e. The SMILES string of the molecule is CC1(C)C(C(=O)N(C2CCCCCC2)C2CC(=O)N(c3ccc(C#N)cc3)C2=O)C1(C)C. The molecular weight excluding hydrogens is 402 g/mol. The van der Waals surface area contributed by atoms with Gasteiger partial charge in [-0.2, -0.15) is 5.26 Å². The van der Waals surface area contributed by atoms with Gasteiger partial charge in [-0.15, -0.1) is 0 Å². The van der Waals surface area contributed by atoms with Crippen molar-refractivity contribution >= 4 is 23.4 Å². The summed E-state index contributed by atoms with van der Waals surface area (Å²) >= 11 is 0. The number of rotatable bonds is 4. The molecule has 1 aromatic carbocycles. The van der Waals surface area contributed by atoms with Crippen LogP contribution in [0.3, 0.4) is 0 Å². The van der Waals surface area contributed by atoms with Crippen molar-refractivity contribution in [3.8, 4) is 6.07 Å². The molecule has 2 aliphatic carbocycles. The van der Waals surface area contributed by atoms with Gasteiger partial charge < -0.3 is 4.90 Å². The summed E-state index contributed by atoms with van der Waals surface area (Å²) in [4.78, 5) is 43.5. The highest BCUT2D eigenvalue weighted by molar-refractivity contribution is 6.23. The summed E-state index contributed by atoms with van der Waals surface area (Å²) < 4.78 is 0. The second-order valence-corrected chi connectivity index (χ2v) is 10.7. The maximum absolute atomic E-state index is 13.9. The second kappa shape index (κ2) is 8.03. The minimum absolute atomic E-state index is 0.000125. The maximum atomic E-state index is 13.9. The van der Waals surface area contributed by atoms with Crippen LogP contribution in [0.4, 0.5) is 5.69 Å². The van der Waals surface area contributed by atoms with Gasteiger partial charge in [-0.3, -0.25) is 14.4 Å². The largest absolute Gasteiger partial charge is 0.327 e. The Hall–Kier alpha value is -2.68. The molecule has 4 rings (SSSR count). The number of carbonyl (C=O) groups excluding carboxylic acids is 3. The van der Waals surface area contributed by atoms with Gasteiger partial charge in [0.2, 0.25) is 11.8 Å². The molecule has 0 aromatic heterocycles. The van der Waals surface area contributed by atoms with Crippen LogP contribution < -0.4 is 4.90 Å². The molecule has 0 bridgehead atoms. The smallest absolute Gasteiger partial charge is 0.257 e. The fraction of sp³-hybridized carbons (Fsp3) is 0.615. The van der Waals surface area contributed by atoms with Gasteiger partial charge in [0.15, 0.2) is 0 Å². The van der Waals surface area contributed by atoms with E-state index in [-0.39, 0.29) is 46.9 Å². The zero-order valence-corrected chi connectivity index (χ0v) is 19.6. The van der Waals surface area contributed by atoms with E-state index < -0.39 is 6.04 Å². The number of anilines is 1. The molecule has 6 heteroatoms. The van der Waals surface area contributed by atoms with Gasteiger partial charge in [0.05, 0.1) is 23.7 Å². The Morgan fingerprint density at radius 2 is 1.56 bits per heavy atom. The van der Waals surface area contributed by atoms with Gasteiger partial charge in [0.1, 0.15) is 6.04 Å². The summed E-state index contributed by atoms with van der Waals surface area (Å²) in [5.41, 5.74) is 0.663.